The minimum atomic E-state index is -3.55. The van der Waals surface area contributed by atoms with Gasteiger partial charge in [0.25, 0.3) is 0 Å². The quantitative estimate of drug-likeness (QED) is 0.476. The van der Waals surface area contributed by atoms with Crippen LogP contribution in [-0.4, -0.2) is 37.9 Å². The zero-order valence-corrected chi connectivity index (χ0v) is 16.8. The molecular weight excluding hydrogens is 374 g/mol. The number of esters is 1. The Morgan fingerprint density at radius 2 is 1.61 bits per heavy atom. The number of nitrogens with zero attached hydrogens (tertiary/aromatic N) is 1. The van der Waals surface area contributed by atoms with E-state index < -0.39 is 22.0 Å². The van der Waals surface area contributed by atoms with Crippen molar-refractivity contribution in [3.8, 4) is 0 Å². The summed E-state index contributed by atoms with van der Waals surface area (Å²) in [5.41, 5.74) is 1.99. The molecule has 150 valence electrons. The molecule has 6 heteroatoms. The molecule has 1 unspecified atom stereocenters. The lowest BCUT2D eigenvalue weighted by atomic mass is 10.1. The van der Waals surface area contributed by atoms with Crippen molar-refractivity contribution in [2.24, 2.45) is 0 Å². The molecule has 2 aromatic rings. The van der Waals surface area contributed by atoms with Gasteiger partial charge in [-0.15, -0.1) is 0 Å². The second kappa shape index (κ2) is 9.85. The Morgan fingerprint density at radius 3 is 2.29 bits per heavy atom. The normalized spacial score (nSPS) is 17.5. The van der Waals surface area contributed by atoms with Crippen LogP contribution in [0.3, 0.4) is 0 Å². The van der Waals surface area contributed by atoms with Gasteiger partial charge in [0, 0.05) is 6.54 Å². The summed E-state index contributed by atoms with van der Waals surface area (Å²) in [6.07, 6.45) is 3.85. The molecule has 1 atom stereocenters. The Bertz CT molecular complexity index is 853. The number of unbranched alkanes of at least 4 members (excludes halogenated alkanes) is 1. The van der Waals surface area contributed by atoms with Crippen LogP contribution in [0.5, 0.6) is 0 Å². The molecule has 1 aliphatic rings. The van der Waals surface area contributed by atoms with E-state index in [1.54, 1.807) is 12.1 Å². The van der Waals surface area contributed by atoms with E-state index in [-0.39, 0.29) is 5.75 Å². The first-order valence-electron chi connectivity index (χ1n) is 9.80. The standard InChI is InChI=1S/C22H27NO4S/c24-22(27-17-8-7-12-19-10-3-1-4-11-19)21-15-9-16-23(21)28(25,26)18-20-13-5-2-6-14-20/h1-6,10-11,13-14,21H,7-9,12,15-18H2. The van der Waals surface area contributed by atoms with Crippen molar-refractivity contribution in [2.45, 2.75) is 43.9 Å². The van der Waals surface area contributed by atoms with Gasteiger partial charge in [-0.3, -0.25) is 4.79 Å². The van der Waals surface area contributed by atoms with E-state index in [1.807, 2.05) is 36.4 Å². The van der Waals surface area contributed by atoms with E-state index >= 15 is 0 Å². The highest BCUT2D eigenvalue weighted by molar-refractivity contribution is 7.88. The largest absolute Gasteiger partial charge is 0.464 e. The zero-order valence-electron chi connectivity index (χ0n) is 16.0. The average Bonchev–Trinajstić information content (AvgIpc) is 3.20. The second-order valence-corrected chi connectivity index (χ2v) is 9.04. The van der Waals surface area contributed by atoms with E-state index in [1.165, 1.54) is 9.87 Å². The monoisotopic (exact) mass is 401 g/mol. The van der Waals surface area contributed by atoms with Crippen LogP contribution in [0.25, 0.3) is 0 Å². The molecule has 0 aliphatic carbocycles. The van der Waals surface area contributed by atoms with Crippen molar-refractivity contribution in [1.82, 2.24) is 4.31 Å². The lowest BCUT2D eigenvalue weighted by Crippen LogP contribution is -2.42. The molecule has 2 aromatic carbocycles. The van der Waals surface area contributed by atoms with Gasteiger partial charge in [-0.05, 0) is 43.2 Å². The summed E-state index contributed by atoms with van der Waals surface area (Å²) in [7, 11) is -3.55. The molecule has 5 nitrogen and oxygen atoms in total. The Morgan fingerprint density at radius 1 is 0.964 bits per heavy atom. The van der Waals surface area contributed by atoms with Gasteiger partial charge in [0.05, 0.1) is 12.4 Å². The van der Waals surface area contributed by atoms with Crippen LogP contribution in [0.2, 0.25) is 0 Å². The third kappa shape index (κ3) is 5.66. The first-order valence-corrected chi connectivity index (χ1v) is 11.4. The van der Waals surface area contributed by atoms with Gasteiger partial charge in [-0.2, -0.15) is 4.31 Å². The lowest BCUT2D eigenvalue weighted by Gasteiger charge is -2.22. The van der Waals surface area contributed by atoms with Gasteiger partial charge in [0.2, 0.25) is 10.0 Å². The molecule has 0 spiro atoms. The number of benzene rings is 2. The SMILES string of the molecule is O=C(OCCCCc1ccccc1)C1CCCN1S(=O)(=O)Cc1ccccc1. The van der Waals surface area contributed by atoms with Crippen LogP contribution in [0.1, 0.15) is 36.8 Å². The van der Waals surface area contributed by atoms with Gasteiger partial charge in [-0.25, -0.2) is 8.42 Å². The number of carbonyl (C=O) groups excluding carboxylic acids is 1. The fraction of sp³-hybridized carbons (Fsp3) is 0.409. The first-order chi connectivity index (χ1) is 13.6. The van der Waals surface area contributed by atoms with Crippen LogP contribution in [0.15, 0.2) is 60.7 Å². The summed E-state index contributed by atoms with van der Waals surface area (Å²) in [5, 5.41) is 0. The van der Waals surface area contributed by atoms with Crippen molar-refractivity contribution < 1.29 is 17.9 Å². The van der Waals surface area contributed by atoms with E-state index in [0.717, 1.165) is 24.8 Å². The number of carbonyl (C=O) groups is 1. The molecule has 0 N–H and O–H groups in total. The van der Waals surface area contributed by atoms with Crippen LogP contribution >= 0.6 is 0 Å². The molecular formula is C22H27NO4S. The third-order valence-electron chi connectivity index (χ3n) is 4.97. The number of aryl methyl sites for hydroxylation is 1. The molecule has 0 amide bonds. The van der Waals surface area contributed by atoms with Gasteiger partial charge < -0.3 is 4.74 Å². The minimum absolute atomic E-state index is 0.0886. The summed E-state index contributed by atoms with van der Waals surface area (Å²) in [6.45, 7) is 0.706. The highest BCUT2D eigenvalue weighted by Crippen LogP contribution is 2.24. The smallest absolute Gasteiger partial charge is 0.324 e. The van der Waals surface area contributed by atoms with Gasteiger partial charge >= 0.3 is 5.97 Å². The van der Waals surface area contributed by atoms with E-state index in [4.69, 9.17) is 4.74 Å². The van der Waals surface area contributed by atoms with Crippen LogP contribution < -0.4 is 0 Å². The van der Waals surface area contributed by atoms with E-state index in [0.29, 0.717) is 26.0 Å². The predicted molar refractivity (Wildman–Crippen MR) is 109 cm³/mol. The number of ether oxygens (including phenoxy) is 1. The topological polar surface area (TPSA) is 63.7 Å². The first kappa shape index (κ1) is 20.6. The fourth-order valence-corrected chi connectivity index (χ4v) is 5.29. The maximum atomic E-state index is 12.8. The summed E-state index contributed by atoms with van der Waals surface area (Å²) >= 11 is 0. The highest BCUT2D eigenvalue weighted by Gasteiger charge is 2.39. The highest BCUT2D eigenvalue weighted by atomic mass is 32.2. The maximum absolute atomic E-state index is 12.8. The second-order valence-electron chi connectivity index (χ2n) is 7.12. The number of rotatable bonds is 9. The Balaban J connectivity index is 1.47. The van der Waals surface area contributed by atoms with Gasteiger partial charge in [-0.1, -0.05) is 60.7 Å². The molecule has 3 rings (SSSR count). The molecule has 0 saturated carbocycles. The molecule has 1 fully saturated rings. The summed E-state index contributed by atoms with van der Waals surface area (Å²) < 4.78 is 32.3. The van der Waals surface area contributed by atoms with Crippen molar-refractivity contribution in [3.63, 3.8) is 0 Å². The zero-order chi connectivity index (χ0) is 19.8. The molecule has 0 aromatic heterocycles. The predicted octanol–water partition coefficient (Wildman–Crippen LogP) is 3.55. The Kier molecular flexibility index (Phi) is 7.23. The maximum Gasteiger partial charge on any atom is 0.324 e. The average molecular weight is 402 g/mol. The van der Waals surface area contributed by atoms with Crippen molar-refractivity contribution >= 4 is 16.0 Å². The van der Waals surface area contributed by atoms with Crippen LogP contribution in [-0.2, 0) is 31.7 Å². The Labute approximate surface area is 167 Å². The van der Waals surface area contributed by atoms with Crippen molar-refractivity contribution in [3.05, 3.63) is 71.8 Å². The van der Waals surface area contributed by atoms with Crippen LogP contribution in [0, 0.1) is 0 Å². The van der Waals surface area contributed by atoms with E-state index in [2.05, 4.69) is 12.1 Å². The summed E-state index contributed by atoms with van der Waals surface area (Å²) in [4.78, 5) is 12.5. The minimum Gasteiger partial charge on any atom is -0.464 e. The van der Waals surface area contributed by atoms with Crippen molar-refractivity contribution in [2.75, 3.05) is 13.2 Å². The molecule has 0 bridgehead atoms. The molecule has 1 heterocycles. The lowest BCUT2D eigenvalue weighted by molar-refractivity contribution is -0.147. The Hall–Kier alpha value is -2.18. The van der Waals surface area contributed by atoms with Crippen LogP contribution in [0.4, 0.5) is 0 Å². The van der Waals surface area contributed by atoms with E-state index in [9.17, 15) is 13.2 Å². The van der Waals surface area contributed by atoms with Gasteiger partial charge in [0.15, 0.2) is 0 Å². The summed E-state index contributed by atoms with van der Waals surface area (Å²) in [5.74, 6) is -0.511. The summed E-state index contributed by atoms with van der Waals surface area (Å²) in [6, 6.07) is 18.5. The van der Waals surface area contributed by atoms with Gasteiger partial charge in [0.1, 0.15) is 6.04 Å². The number of hydrogen-bond donors (Lipinski definition) is 0. The number of hydrogen-bond acceptors (Lipinski definition) is 4. The molecule has 28 heavy (non-hydrogen) atoms. The molecule has 1 saturated heterocycles. The third-order valence-corrected chi connectivity index (χ3v) is 6.82. The molecule has 1 aliphatic heterocycles. The molecule has 0 radical (unpaired) electrons. The fourth-order valence-electron chi connectivity index (χ4n) is 3.52. The van der Waals surface area contributed by atoms with Crippen molar-refractivity contribution in [1.29, 1.82) is 0 Å². The number of sulfonamides is 1.